The Bertz CT molecular complexity index is 415. The van der Waals surface area contributed by atoms with Gasteiger partial charge in [0.1, 0.15) is 11.1 Å². The van der Waals surface area contributed by atoms with Crippen molar-refractivity contribution in [2.75, 3.05) is 0 Å². The Kier molecular flexibility index (Phi) is 5.24. The van der Waals surface area contributed by atoms with Crippen LogP contribution in [0.4, 0.5) is 0 Å². The van der Waals surface area contributed by atoms with Crippen LogP contribution in [0.2, 0.25) is 0 Å². The molecule has 0 aromatic heterocycles. The SMILES string of the molecule is N#CC(=CCCCc1ccccc1)C(N)=S. The van der Waals surface area contributed by atoms with Gasteiger partial charge in [-0.25, -0.2) is 0 Å². The lowest BCUT2D eigenvalue weighted by molar-refractivity contribution is 0.842. The van der Waals surface area contributed by atoms with Gasteiger partial charge in [-0.3, -0.25) is 0 Å². The summed E-state index contributed by atoms with van der Waals surface area (Å²) in [6.07, 6.45) is 4.64. The highest BCUT2D eigenvalue weighted by atomic mass is 32.1. The third-order valence-electron chi connectivity index (χ3n) is 2.25. The predicted octanol–water partition coefficient (Wildman–Crippen LogP) is 2.75. The molecule has 0 saturated heterocycles. The molecule has 0 bridgehead atoms. The van der Waals surface area contributed by atoms with Crippen LogP contribution in [0.1, 0.15) is 18.4 Å². The first-order chi connectivity index (χ1) is 7.74. The van der Waals surface area contributed by atoms with Crippen LogP contribution < -0.4 is 5.73 Å². The molecule has 0 aliphatic heterocycles. The number of benzene rings is 1. The summed E-state index contributed by atoms with van der Waals surface area (Å²) in [5.74, 6) is 0. The quantitative estimate of drug-likeness (QED) is 0.366. The number of thiocarbonyl (C=S) groups is 1. The molecule has 0 spiro atoms. The van der Waals surface area contributed by atoms with Crippen LogP contribution in [0.25, 0.3) is 0 Å². The summed E-state index contributed by atoms with van der Waals surface area (Å²) in [7, 11) is 0. The average Bonchev–Trinajstić information content (AvgIpc) is 2.30. The summed E-state index contributed by atoms with van der Waals surface area (Å²) >= 11 is 4.75. The normalized spacial score (nSPS) is 10.8. The third kappa shape index (κ3) is 4.24. The molecular weight excluding hydrogens is 216 g/mol. The van der Waals surface area contributed by atoms with Gasteiger partial charge >= 0.3 is 0 Å². The molecule has 2 N–H and O–H groups in total. The minimum atomic E-state index is 0.183. The maximum absolute atomic E-state index is 8.73. The second kappa shape index (κ2) is 6.76. The van der Waals surface area contributed by atoms with Gasteiger partial charge in [0.15, 0.2) is 0 Å². The van der Waals surface area contributed by atoms with E-state index in [0.29, 0.717) is 5.57 Å². The highest BCUT2D eigenvalue weighted by Gasteiger charge is 1.97. The second-order valence-corrected chi connectivity index (χ2v) is 3.91. The zero-order valence-corrected chi connectivity index (χ0v) is 9.83. The summed E-state index contributed by atoms with van der Waals surface area (Å²) in [5.41, 5.74) is 7.11. The van der Waals surface area contributed by atoms with E-state index in [1.807, 2.05) is 30.3 Å². The highest BCUT2D eigenvalue weighted by molar-refractivity contribution is 7.80. The third-order valence-corrected chi connectivity index (χ3v) is 2.47. The highest BCUT2D eigenvalue weighted by Crippen LogP contribution is 2.06. The second-order valence-electron chi connectivity index (χ2n) is 3.47. The number of allylic oxidation sites excluding steroid dienone is 1. The molecule has 1 aromatic rings. The van der Waals surface area contributed by atoms with Crippen molar-refractivity contribution in [1.82, 2.24) is 0 Å². The van der Waals surface area contributed by atoms with Gasteiger partial charge < -0.3 is 5.73 Å². The molecule has 1 aromatic carbocycles. The molecule has 0 aliphatic carbocycles. The lowest BCUT2D eigenvalue weighted by atomic mass is 10.1. The van der Waals surface area contributed by atoms with Crippen molar-refractivity contribution >= 4 is 17.2 Å². The molecule has 0 unspecified atom stereocenters. The molecule has 82 valence electrons. The summed E-state index contributed by atoms with van der Waals surface area (Å²) in [6.45, 7) is 0. The lowest BCUT2D eigenvalue weighted by Crippen LogP contribution is -2.09. The molecular formula is C13H14N2S. The Hall–Kier alpha value is -1.66. The molecule has 0 heterocycles. The number of hydrogen-bond donors (Lipinski definition) is 1. The minimum absolute atomic E-state index is 0.183. The monoisotopic (exact) mass is 230 g/mol. The summed E-state index contributed by atoms with van der Waals surface area (Å²) in [6, 6.07) is 12.3. The van der Waals surface area contributed by atoms with Crippen LogP contribution in [-0.4, -0.2) is 4.99 Å². The van der Waals surface area contributed by atoms with Gasteiger partial charge in [-0.1, -0.05) is 48.6 Å². The van der Waals surface area contributed by atoms with Gasteiger partial charge in [-0.05, 0) is 24.8 Å². The number of aryl methyl sites for hydroxylation is 1. The standard InChI is InChI=1S/C13H14N2S/c14-10-12(13(15)16)9-5-4-8-11-6-2-1-3-7-11/h1-3,6-7,9H,4-5,8H2,(H2,15,16). The van der Waals surface area contributed by atoms with Crippen LogP contribution in [0.5, 0.6) is 0 Å². The molecule has 0 fully saturated rings. The molecule has 1 rings (SSSR count). The van der Waals surface area contributed by atoms with Crippen LogP contribution in [-0.2, 0) is 6.42 Å². The number of rotatable bonds is 5. The van der Waals surface area contributed by atoms with Gasteiger partial charge in [0.05, 0.1) is 5.57 Å². The van der Waals surface area contributed by atoms with Crippen LogP contribution in [0.3, 0.4) is 0 Å². The van der Waals surface area contributed by atoms with Crippen molar-refractivity contribution in [1.29, 1.82) is 5.26 Å². The number of nitrogens with zero attached hydrogens (tertiary/aromatic N) is 1. The van der Waals surface area contributed by atoms with Gasteiger partial charge in [0, 0.05) is 0 Å². The van der Waals surface area contributed by atoms with E-state index in [-0.39, 0.29) is 4.99 Å². The predicted molar refractivity (Wildman–Crippen MR) is 69.9 cm³/mol. The van der Waals surface area contributed by atoms with Gasteiger partial charge in [-0.15, -0.1) is 0 Å². The van der Waals surface area contributed by atoms with Gasteiger partial charge in [0.25, 0.3) is 0 Å². The van der Waals surface area contributed by atoms with E-state index in [1.165, 1.54) is 5.56 Å². The maximum atomic E-state index is 8.73. The molecule has 0 amide bonds. The Labute approximate surface area is 101 Å². The fourth-order valence-corrected chi connectivity index (χ4v) is 1.53. The topological polar surface area (TPSA) is 49.8 Å². The summed E-state index contributed by atoms with van der Waals surface area (Å²) in [5, 5.41) is 8.73. The van der Waals surface area contributed by atoms with E-state index in [2.05, 4.69) is 12.1 Å². The zero-order valence-electron chi connectivity index (χ0n) is 9.02. The molecule has 0 aliphatic rings. The first kappa shape index (κ1) is 12.4. The molecule has 3 heteroatoms. The van der Waals surface area contributed by atoms with Crippen molar-refractivity contribution in [2.45, 2.75) is 19.3 Å². The number of nitrogens with two attached hydrogens (primary N) is 1. The summed E-state index contributed by atoms with van der Waals surface area (Å²) < 4.78 is 0. The van der Waals surface area contributed by atoms with Crippen molar-refractivity contribution in [2.24, 2.45) is 5.73 Å². The molecule has 2 nitrogen and oxygen atoms in total. The van der Waals surface area contributed by atoms with Crippen molar-refractivity contribution in [3.63, 3.8) is 0 Å². The van der Waals surface area contributed by atoms with Crippen LogP contribution >= 0.6 is 12.2 Å². The zero-order chi connectivity index (χ0) is 11.8. The van der Waals surface area contributed by atoms with E-state index < -0.39 is 0 Å². The number of nitriles is 1. The van der Waals surface area contributed by atoms with Crippen LogP contribution in [0, 0.1) is 11.3 Å². The largest absolute Gasteiger partial charge is 0.389 e. The molecule has 0 saturated carbocycles. The van der Waals surface area contributed by atoms with E-state index in [4.69, 9.17) is 23.2 Å². The Morgan fingerprint density at radius 2 is 2.06 bits per heavy atom. The maximum Gasteiger partial charge on any atom is 0.114 e. The minimum Gasteiger partial charge on any atom is -0.389 e. The fraction of sp³-hybridized carbons (Fsp3) is 0.231. The Balaban J connectivity index is 2.37. The number of hydrogen-bond acceptors (Lipinski definition) is 2. The van der Waals surface area contributed by atoms with E-state index in [9.17, 15) is 0 Å². The van der Waals surface area contributed by atoms with Gasteiger partial charge in [0.2, 0.25) is 0 Å². The smallest absolute Gasteiger partial charge is 0.114 e. The molecule has 16 heavy (non-hydrogen) atoms. The van der Waals surface area contributed by atoms with Crippen LogP contribution in [0.15, 0.2) is 42.0 Å². The van der Waals surface area contributed by atoms with Gasteiger partial charge in [-0.2, -0.15) is 5.26 Å². The molecule has 0 atom stereocenters. The average molecular weight is 230 g/mol. The first-order valence-electron chi connectivity index (χ1n) is 5.18. The van der Waals surface area contributed by atoms with E-state index in [1.54, 1.807) is 0 Å². The Morgan fingerprint density at radius 1 is 1.38 bits per heavy atom. The van der Waals surface area contributed by atoms with Crippen molar-refractivity contribution < 1.29 is 0 Å². The fourth-order valence-electron chi connectivity index (χ4n) is 1.40. The first-order valence-corrected chi connectivity index (χ1v) is 5.59. The number of unbranched alkanes of at least 4 members (excludes halogenated alkanes) is 1. The van der Waals surface area contributed by atoms with E-state index in [0.717, 1.165) is 19.3 Å². The lowest BCUT2D eigenvalue weighted by Gasteiger charge is -1.99. The van der Waals surface area contributed by atoms with Crippen molar-refractivity contribution in [3.8, 4) is 6.07 Å². The Morgan fingerprint density at radius 3 is 2.62 bits per heavy atom. The van der Waals surface area contributed by atoms with E-state index >= 15 is 0 Å². The molecule has 0 radical (unpaired) electrons. The van der Waals surface area contributed by atoms with Crippen molar-refractivity contribution in [3.05, 3.63) is 47.5 Å². The summed E-state index contributed by atoms with van der Waals surface area (Å²) in [4.78, 5) is 0.183.